The molecule has 2 N–H and O–H groups in total. The number of allylic oxidation sites excluding steroid dienone is 1. The Kier molecular flexibility index (Phi) is 1.81. The van der Waals surface area contributed by atoms with E-state index in [2.05, 4.69) is 0 Å². The first-order chi connectivity index (χ1) is 6.63. The summed E-state index contributed by atoms with van der Waals surface area (Å²) in [6.07, 6.45) is 0. The SMILES string of the molecule is CC1C(=O)c2ccccc2C(O)=C1O. The van der Waals surface area contributed by atoms with E-state index < -0.39 is 5.92 Å². The smallest absolute Gasteiger partial charge is 0.174 e. The van der Waals surface area contributed by atoms with Gasteiger partial charge in [-0.05, 0) is 6.92 Å². The molecule has 2 rings (SSSR count). The minimum absolute atomic E-state index is 0.157. The maximum Gasteiger partial charge on any atom is 0.174 e. The summed E-state index contributed by atoms with van der Waals surface area (Å²) in [5.74, 6) is -1.23. The van der Waals surface area contributed by atoms with E-state index in [0.717, 1.165) is 0 Å². The van der Waals surface area contributed by atoms with Gasteiger partial charge in [-0.15, -0.1) is 0 Å². The van der Waals surface area contributed by atoms with Crippen molar-refractivity contribution in [3.63, 3.8) is 0 Å². The highest BCUT2D eigenvalue weighted by atomic mass is 16.3. The predicted molar refractivity (Wildman–Crippen MR) is 52.1 cm³/mol. The molecule has 0 saturated carbocycles. The van der Waals surface area contributed by atoms with Gasteiger partial charge in [-0.25, -0.2) is 0 Å². The van der Waals surface area contributed by atoms with E-state index in [1.54, 1.807) is 31.2 Å². The van der Waals surface area contributed by atoms with Crippen molar-refractivity contribution < 1.29 is 15.0 Å². The molecule has 0 radical (unpaired) electrons. The molecule has 3 nitrogen and oxygen atoms in total. The molecule has 0 aromatic heterocycles. The van der Waals surface area contributed by atoms with E-state index in [-0.39, 0.29) is 17.3 Å². The molecule has 1 aliphatic rings. The largest absolute Gasteiger partial charge is 0.508 e. The minimum atomic E-state index is -0.648. The number of hydrogen-bond acceptors (Lipinski definition) is 3. The molecule has 0 saturated heterocycles. The van der Waals surface area contributed by atoms with Gasteiger partial charge in [0.15, 0.2) is 11.5 Å². The molecule has 0 amide bonds. The van der Waals surface area contributed by atoms with Crippen LogP contribution in [-0.2, 0) is 0 Å². The lowest BCUT2D eigenvalue weighted by Gasteiger charge is -2.19. The topological polar surface area (TPSA) is 57.5 Å². The van der Waals surface area contributed by atoms with Gasteiger partial charge < -0.3 is 10.2 Å². The lowest BCUT2D eigenvalue weighted by Crippen LogP contribution is -2.21. The van der Waals surface area contributed by atoms with Crippen molar-refractivity contribution in [1.29, 1.82) is 0 Å². The lowest BCUT2D eigenvalue weighted by molar-refractivity contribution is 0.0915. The number of benzene rings is 1. The Morgan fingerprint density at radius 3 is 2.36 bits per heavy atom. The minimum Gasteiger partial charge on any atom is -0.508 e. The van der Waals surface area contributed by atoms with Crippen molar-refractivity contribution in [2.24, 2.45) is 5.92 Å². The van der Waals surface area contributed by atoms with Gasteiger partial charge in [0.2, 0.25) is 0 Å². The highest BCUT2D eigenvalue weighted by Crippen LogP contribution is 2.31. The Bertz CT molecular complexity index is 432. The number of fused-ring (bicyclic) bond motifs is 1. The molecule has 3 heteroatoms. The molecule has 0 aliphatic heterocycles. The number of aliphatic hydroxyl groups is 2. The first kappa shape index (κ1) is 8.81. The van der Waals surface area contributed by atoms with Gasteiger partial charge in [-0.1, -0.05) is 24.3 Å². The number of Topliss-reactive ketones (excluding diaryl/α,β-unsaturated/α-hetero) is 1. The highest BCUT2D eigenvalue weighted by Gasteiger charge is 2.30. The maximum absolute atomic E-state index is 11.7. The molecule has 1 aromatic carbocycles. The summed E-state index contributed by atoms with van der Waals surface area (Å²) in [7, 11) is 0. The number of carbonyl (C=O) groups is 1. The molecule has 14 heavy (non-hydrogen) atoms. The van der Waals surface area contributed by atoms with Crippen LogP contribution < -0.4 is 0 Å². The third-order valence-corrected chi connectivity index (χ3v) is 2.49. The lowest BCUT2D eigenvalue weighted by atomic mass is 9.87. The van der Waals surface area contributed by atoms with E-state index in [9.17, 15) is 15.0 Å². The molecule has 1 unspecified atom stereocenters. The van der Waals surface area contributed by atoms with Crippen LogP contribution in [0.15, 0.2) is 30.0 Å². The van der Waals surface area contributed by atoms with Gasteiger partial charge in [-0.3, -0.25) is 4.79 Å². The predicted octanol–water partition coefficient (Wildman–Crippen LogP) is 2.30. The molecule has 0 heterocycles. The monoisotopic (exact) mass is 190 g/mol. The summed E-state index contributed by atoms with van der Waals surface area (Å²) in [6.45, 7) is 1.57. The zero-order valence-electron chi connectivity index (χ0n) is 7.69. The van der Waals surface area contributed by atoms with E-state index in [1.165, 1.54) is 0 Å². The molecule has 72 valence electrons. The fourth-order valence-corrected chi connectivity index (χ4v) is 1.60. The van der Waals surface area contributed by atoms with E-state index in [1.807, 2.05) is 0 Å². The number of carbonyl (C=O) groups excluding carboxylic acids is 1. The van der Waals surface area contributed by atoms with Crippen LogP contribution in [0.4, 0.5) is 0 Å². The zero-order chi connectivity index (χ0) is 10.3. The van der Waals surface area contributed by atoms with Crippen molar-refractivity contribution >= 4 is 11.5 Å². The van der Waals surface area contributed by atoms with Crippen LogP contribution in [0, 0.1) is 5.92 Å². The van der Waals surface area contributed by atoms with Crippen LogP contribution in [0.3, 0.4) is 0 Å². The zero-order valence-corrected chi connectivity index (χ0v) is 7.69. The van der Waals surface area contributed by atoms with E-state index in [0.29, 0.717) is 11.1 Å². The Morgan fingerprint density at radius 1 is 1.14 bits per heavy atom. The maximum atomic E-state index is 11.7. The summed E-state index contributed by atoms with van der Waals surface area (Å²) in [4.78, 5) is 11.7. The molecule has 0 spiro atoms. The van der Waals surface area contributed by atoms with Gasteiger partial charge in [0, 0.05) is 11.1 Å². The summed E-state index contributed by atoms with van der Waals surface area (Å²) < 4.78 is 0. The summed E-state index contributed by atoms with van der Waals surface area (Å²) >= 11 is 0. The molecular formula is C11H10O3. The van der Waals surface area contributed by atoms with Crippen molar-refractivity contribution in [3.05, 3.63) is 41.2 Å². The third-order valence-electron chi connectivity index (χ3n) is 2.49. The highest BCUT2D eigenvalue weighted by molar-refractivity contribution is 6.05. The first-order valence-corrected chi connectivity index (χ1v) is 4.38. The quantitative estimate of drug-likeness (QED) is 0.660. The Hall–Kier alpha value is -1.77. The van der Waals surface area contributed by atoms with Crippen LogP contribution in [-0.4, -0.2) is 16.0 Å². The molecule has 0 bridgehead atoms. The summed E-state index contributed by atoms with van der Waals surface area (Å²) in [5.41, 5.74) is 0.878. The van der Waals surface area contributed by atoms with Gasteiger partial charge in [0.1, 0.15) is 5.76 Å². The molecule has 1 aliphatic carbocycles. The van der Waals surface area contributed by atoms with Crippen molar-refractivity contribution in [3.8, 4) is 0 Å². The van der Waals surface area contributed by atoms with Crippen molar-refractivity contribution in [2.45, 2.75) is 6.92 Å². The van der Waals surface area contributed by atoms with Crippen LogP contribution in [0.5, 0.6) is 0 Å². The second-order valence-corrected chi connectivity index (χ2v) is 3.37. The summed E-state index contributed by atoms with van der Waals surface area (Å²) in [6, 6.07) is 6.71. The molecule has 0 fully saturated rings. The number of rotatable bonds is 0. The van der Waals surface area contributed by atoms with E-state index >= 15 is 0 Å². The second-order valence-electron chi connectivity index (χ2n) is 3.37. The second kappa shape index (κ2) is 2.87. The number of hydrogen-bond donors (Lipinski definition) is 2. The Labute approximate surface area is 81.3 Å². The average Bonchev–Trinajstić information content (AvgIpc) is 2.23. The standard InChI is InChI=1S/C11H10O3/c1-6-9(12)7-4-2-3-5-8(7)11(14)10(6)13/h2-6,13-14H,1H3. The molecule has 1 aromatic rings. The van der Waals surface area contributed by atoms with Gasteiger partial charge >= 0.3 is 0 Å². The third kappa shape index (κ3) is 1.02. The van der Waals surface area contributed by atoms with Gasteiger partial charge in [0.05, 0.1) is 5.92 Å². The average molecular weight is 190 g/mol. The first-order valence-electron chi connectivity index (χ1n) is 4.38. The van der Waals surface area contributed by atoms with Crippen LogP contribution in [0.25, 0.3) is 5.76 Å². The van der Waals surface area contributed by atoms with Crippen LogP contribution in [0.1, 0.15) is 22.8 Å². The Balaban J connectivity index is 2.71. The summed E-state index contributed by atoms with van der Waals surface area (Å²) in [5, 5.41) is 19.1. The Morgan fingerprint density at radius 2 is 1.71 bits per heavy atom. The normalized spacial score (nSPS) is 20.9. The van der Waals surface area contributed by atoms with Crippen LogP contribution >= 0.6 is 0 Å². The van der Waals surface area contributed by atoms with Gasteiger partial charge in [-0.2, -0.15) is 0 Å². The fraction of sp³-hybridized carbons (Fsp3) is 0.182. The van der Waals surface area contributed by atoms with Crippen molar-refractivity contribution in [1.82, 2.24) is 0 Å². The fourth-order valence-electron chi connectivity index (χ4n) is 1.60. The number of aliphatic hydroxyl groups excluding tert-OH is 2. The van der Waals surface area contributed by atoms with Gasteiger partial charge in [0.25, 0.3) is 0 Å². The number of ketones is 1. The molecule has 1 atom stereocenters. The van der Waals surface area contributed by atoms with Crippen molar-refractivity contribution in [2.75, 3.05) is 0 Å². The van der Waals surface area contributed by atoms with E-state index in [4.69, 9.17) is 0 Å². The molecular weight excluding hydrogens is 180 g/mol. The van der Waals surface area contributed by atoms with Crippen LogP contribution in [0.2, 0.25) is 0 Å².